The van der Waals surface area contributed by atoms with Crippen LogP contribution in [-0.2, 0) is 0 Å². The Morgan fingerprint density at radius 1 is 1.19 bits per heavy atom. The summed E-state index contributed by atoms with van der Waals surface area (Å²) in [6, 6.07) is 11.2. The van der Waals surface area contributed by atoms with Crippen LogP contribution in [0.2, 0.25) is 0 Å². The van der Waals surface area contributed by atoms with Crippen LogP contribution in [-0.4, -0.2) is 38.5 Å². The number of rotatable bonds is 3. The Kier molecular flexibility index (Phi) is 4.66. The van der Waals surface area contributed by atoms with Crippen molar-refractivity contribution in [3.63, 3.8) is 0 Å². The highest BCUT2D eigenvalue weighted by atomic mass is 19.1. The lowest BCUT2D eigenvalue weighted by molar-refractivity contribution is 0.0593. The first-order valence-corrected chi connectivity index (χ1v) is 8.93. The molecule has 0 N–H and O–H groups in total. The van der Waals surface area contributed by atoms with Crippen molar-refractivity contribution in [2.45, 2.75) is 31.7 Å². The van der Waals surface area contributed by atoms with Crippen molar-refractivity contribution in [2.24, 2.45) is 0 Å². The van der Waals surface area contributed by atoms with Crippen LogP contribution in [0.4, 0.5) is 4.39 Å². The Bertz CT molecular complexity index is 927. The molecule has 27 heavy (non-hydrogen) atoms. The third kappa shape index (κ3) is 3.58. The molecular formula is C20H19FN4O2. The normalized spacial score (nSPS) is 19.9. The van der Waals surface area contributed by atoms with Gasteiger partial charge in [0.1, 0.15) is 11.5 Å². The fourth-order valence-corrected chi connectivity index (χ4v) is 3.35. The van der Waals surface area contributed by atoms with Gasteiger partial charge in [-0.2, -0.15) is 4.98 Å². The average Bonchev–Trinajstić information content (AvgIpc) is 3.19. The summed E-state index contributed by atoms with van der Waals surface area (Å²) in [5.74, 6) is 0.455. The monoisotopic (exact) mass is 366 g/mol. The molecule has 1 saturated heterocycles. The standard InChI is InChI=1S/C20H19FN4O2/c1-13-5-6-15(12-25(13)20(26)14-7-9-16(21)10-8-14)19-23-18(24-27-19)17-4-2-3-11-22-17/h2-4,7-11,13,15H,5-6,12H2,1H3/t13-,15+/m1/s1. The van der Waals surface area contributed by atoms with E-state index in [1.54, 1.807) is 11.1 Å². The number of piperidine rings is 1. The number of hydrogen-bond donors (Lipinski definition) is 0. The summed E-state index contributed by atoms with van der Waals surface area (Å²) in [6.07, 6.45) is 3.37. The molecule has 2 atom stereocenters. The van der Waals surface area contributed by atoms with E-state index in [1.807, 2.05) is 25.1 Å². The van der Waals surface area contributed by atoms with Crippen LogP contribution in [0.5, 0.6) is 0 Å². The van der Waals surface area contributed by atoms with Gasteiger partial charge in [-0.25, -0.2) is 4.39 Å². The molecule has 0 unspecified atom stereocenters. The highest BCUT2D eigenvalue weighted by Crippen LogP contribution is 2.31. The molecule has 1 aliphatic heterocycles. The maximum Gasteiger partial charge on any atom is 0.254 e. The van der Waals surface area contributed by atoms with Crippen LogP contribution in [0.3, 0.4) is 0 Å². The van der Waals surface area contributed by atoms with E-state index in [-0.39, 0.29) is 23.7 Å². The van der Waals surface area contributed by atoms with Crippen LogP contribution >= 0.6 is 0 Å². The summed E-state index contributed by atoms with van der Waals surface area (Å²) < 4.78 is 18.6. The Morgan fingerprint density at radius 3 is 2.74 bits per heavy atom. The zero-order chi connectivity index (χ0) is 18.8. The molecule has 1 aliphatic rings. The first-order valence-electron chi connectivity index (χ1n) is 8.93. The quantitative estimate of drug-likeness (QED) is 0.707. The molecule has 1 aromatic carbocycles. The molecule has 0 spiro atoms. The largest absolute Gasteiger partial charge is 0.339 e. The number of hydrogen-bond acceptors (Lipinski definition) is 5. The van der Waals surface area contributed by atoms with Crippen molar-refractivity contribution < 1.29 is 13.7 Å². The number of carbonyl (C=O) groups excluding carboxylic acids is 1. The lowest BCUT2D eigenvalue weighted by Gasteiger charge is -2.36. The fraction of sp³-hybridized carbons (Fsp3) is 0.300. The minimum absolute atomic E-state index is 0.0319. The van der Waals surface area contributed by atoms with E-state index in [0.717, 1.165) is 12.8 Å². The second kappa shape index (κ2) is 7.26. The van der Waals surface area contributed by atoms with Gasteiger partial charge in [-0.05, 0) is 56.2 Å². The van der Waals surface area contributed by atoms with Gasteiger partial charge in [0.05, 0.1) is 5.92 Å². The topological polar surface area (TPSA) is 72.1 Å². The van der Waals surface area contributed by atoms with Gasteiger partial charge in [0.15, 0.2) is 0 Å². The Hall–Kier alpha value is -3.09. The molecule has 0 saturated carbocycles. The third-order valence-electron chi connectivity index (χ3n) is 4.92. The van der Waals surface area contributed by atoms with Crippen molar-refractivity contribution in [3.8, 4) is 11.5 Å². The van der Waals surface area contributed by atoms with Crippen molar-refractivity contribution in [2.75, 3.05) is 6.54 Å². The minimum atomic E-state index is -0.357. The fourth-order valence-electron chi connectivity index (χ4n) is 3.35. The Labute approximate surface area is 156 Å². The summed E-state index contributed by atoms with van der Waals surface area (Å²) in [5.41, 5.74) is 1.12. The van der Waals surface area contributed by atoms with Crippen molar-refractivity contribution in [3.05, 3.63) is 65.9 Å². The molecule has 1 fully saturated rings. The molecule has 0 bridgehead atoms. The van der Waals surface area contributed by atoms with E-state index in [2.05, 4.69) is 15.1 Å². The van der Waals surface area contributed by atoms with Gasteiger partial charge in [-0.3, -0.25) is 9.78 Å². The molecule has 0 aliphatic carbocycles. The Morgan fingerprint density at radius 2 is 2.00 bits per heavy atom. The maximum absolute atomic E-state index is 13.1. The van der Waals surface area contributed by atoms with Gasteiger partial charge in [0.2, 0.25) is 11.7 Å². The Balaban J connectivity index is 1.53. The van der Waals surface area contributed by atoms with Crippen molar-refractivity contribution in [1.82, 2.24) is 20.0 Å². The van der Waals surface area contributed by atoms with E-state index >= 15 is 0 Å². The van der Waals surface area contributed by atoms with Crippen LogP contribution in [0.1, 0.15) is 41.9 Å². The van der Waals surface area contributed by atoms with Crippen LogP contribution in [0.15, 0.2) is 53.2 Å². The molecule has 2 aromatic heterocycles. The number of likely N-dealkylation sites (tertiary alicyclic amines) is 1. The molecule has 0 radical (unpaired) electrons. The van der Waals surface area contributed by atoms with Gasteiger partial charge >= 0.3 is 0 Å². The number of amides is 1. The lowest BCUT2D eigenvalue weighted by Crippen LogP contribution is -2.44. The minimum Gasteiger partial charge on any atom is -0.339 e. The molecule has 3 heterocycles. The predicted molar refractivity (Wildman–Crippen MR) is 96.4 cm³/mol. The summed E-state index contributed by atoms with van der Waals surface area (Å²) >= 11 is 0. The summed E-state index contributed by atoms with van der Waals surface area (Å²) in [6.45, 7) is 2.51. The molecule has 4 rings (SSSR count). The maximum atomic E-state index is 13.1. The van der Waals surface area contributed by atoms with E-state index in [0.29, 0.717) is 29.5 Å². The van der Waals surface area contributed by atoms with Gasteiger partial charge in [-0.1, -0.05) is 11.2 Å². The molecule has 1 amide bonds. The second-order valence-electron chi connectivity index (χ2n) is 6.76. The SMILES string of the molecule is C[C@@H]1CC[C@H](c2nc(-c3ccccn3)no2)CN1C(=O)c1ccc(F)cc1. The number of carbonyl (C=O) groups is 1. The first-order chi connectivity index (χ1) is 13.1. The van der Waals surface area contributed by atoms with E-state index in [4.69, 9.17) is 4.52 Å². The van der Waals surface area contributed by atoms with Crippen LogP contribution < -0.4 is 0 Å². The van der Waals surface area contributed by atoms with Crippen molar-refractivity contribution in [1.29, 1.82) is 0 Å². The van der Waals surface area contributed by atoms with E-state index in [9.17, 15) is 9.18 Å². The molecular weight excluding hydrogens is 347 g/mol. The lowest BCUT2D eigenvalue weighted by atomic mass is 9.92. The van der Waals surface area contributed by atoms with Gasteiger partial charge < -0.3 is 9.42 Å². The van der Waals surface area contributed by atoms with Crippen molar-refractivity contribution >= 4 is 5.91 Å². The zero-order valence-corrected chi connectivity index (χ0v) is 14.9. The zero-order valence-electron chi connectivity index (χ0n) is 14.9. The number of benzene rings is 1. The predicted octanol–water partition coefficient (Wildman–Crippen LogP) is 3.68. The average molecular weight is 366 g/mol. The highest BCUT2D eigenvalue weighted by molar-refractivity contribution is 5.94. The number of pyridine rings is 1. The molecule has 7 heteroatoms. The third-order valence-corrected chi connectivity index (χ3v) is 4.92. The first kappa shape index (κ1) is 17.3. The van der Waals surface area contributed by atoms with Crippen LogP contribution in [0, 0.1) is 5.82 Å². The summed E-state index contributed by atoms with van der Waals surface area (Å²) in [4.78, 5) is 23.4. The number of halogens is 1. The smallest absolute Gasteiger partial charge is 0.254 e. The van der Waals surface area contributed by atoms with Gasteiger partial charge in [0, 0.05) is 24.3 Å². The van der Waals surface area contributed by atoms with Gasteiger partial charge in [0.25, 0.3) is 5.91 Å². The van der Waals surface area contributed by atoms with Crippen LogP contribution in [0.25, 0.3) is 11.5 Å². The highest BCUT2D eigenvalue weighted by Gasteiger charge is 2.33. The van der Waals surface area contributed by atoms with Gasteiger partial charge in [-0.15, -0.1) is 0 Å². The van der Waals surface area contributed by atoms with E-state index in [1.165, 1.54) is 24.3 Å². The summed E-state index contributed by atoms with van der Waals surface area (Å²) in [7, 11) is 0. The van der Waals surface area contributed by atoms with E-state index < -0.39 is 0 Å². The number of nitrogens with zero attached hydrogens (tertiary/aromatic N) is 4. The molecule has 6 nitrogen and oxygen atoms in total. The second-order valence-corrected chi connectivity index (χ2v) is 6.76. The number of aromatic nitrogens is 3. The molecule has 138 valence electrons. The molecule has 3 aromatic rings. The summed E-state index contributed by atoms with van der Waals surface area (Å²) in [5, 5.41) is 4.02.